The largest absolute Gasteiger partial charge is 0.336 e. The fraction of sp³-hybridized carbons (Fsp3) is 0.467. The van der Waals surface area contributed by atoms with Crippen molar-refractivity contribution in [1.29, 1.82) is 0 Å². The summed E-state index contributed by atoms with van der Waals surface area (Å²) in [4.78, 5) is 23.2. The molecule has 1 aromatic carbocycles. The van der Waals surface area contributed by atoms with Crippen LogP contribution in [-0.2, 0) is 4.79 Å². The summed E-state index contributed by atoms with van der Waals surface area (Å²) in [5.41, 5.74) is 1.40. The first-order valence-corrected chi connectivity index (χ1v) is 7.13. The molecule has 21 heavy (non-hydrogen) atoms. The van der Waals surface area contributed by atoms with Gasteiger partial charge in [-0.1, -0.05) is 0 Å². The first-order chi connectivity index (χ1) is 10.0. The molecule has 0 bridgehead atoms. The van der Waals surface area contributed by atoms with Crippen LogP contribution in [0.15, 0.2) is 24.3 Å². The maximum atomic E-state index is 11.7. The predicted molar refractivity (Wildman–Crippen MR) is 85.5 cm³/mol. The minimum atomic E-state index is -0.242. The van der Waals surface area contributed by atoms with Crippen molar-refractivity contribution in [2.45, 2.75) is 32.7 Å². The van der Waals surface area contributed by atoms with Crippen molar-refractivity contribution >= 4 is 23.3 Å². The summed E-state index contributed by atoms with van der Waals surface area (Å²) in [7, 11) is 1.86. The standard InChI is InChI=1S/C15H24N4O2/c1-11(2)17-15(21)19-13-8-6-12(7-9-13)18-14(20)5-4-10-16-3/h6-9,11,16H,4-5,10H2,1-3H3,(H,18,20)(H2,17,19,21). The number of nitrogens with one attached hydrogen (secondary N) is 4. The van der Waals surface area contributed by atoms with Gasteiger partial charge in [0, 0.05) is 23.8 Å². The Hall–Kier alpha value is -2.08. The van der Waals surface area contributed by atoms with Gasteiger partial charge in [-0.05, 0) is 58.1 Å². The average molecular weight is 292 g/mol. The van der Waals surface area contributed by atoms with E-state index in [0.717, 1.165) is 18.7 Å². The number of urea groups is 1. The second-order valence-electron chi connectivity index (χ2n) is 5.09. The molecule has 1 rings (SSSR count). The van der Waals surface area contributed by atoms with Crippen LogP contribution >= 0.6 is 0 Å². The smallest absolute Gasteiger partial charge is 0.319 e. The fourth-order valence-electron chi connectivity index (χ4n) is 1.72. The lowest BCUT2D eigenvalue weighted by Gasteiger charge is -2.11. The molecule has 0 fully saturated rings. The van der Waals surface area contributed by atoms with Crippen molar-refractivity contribution in [3.63, 3.8) is 0 Å². The van der Waals surface area contributed by atoms with E-state index in [0.29, 0.717) is 12.1 Å². The molecule has 6 nitrogen and oxygen atoms in total. The number of benzene rings is 1. The molecular weight excluding hydrogens is 268 g/mol. The molecule has 0 aromatic heterocycles. The SMILES string of the molecule is CNCCCC(=O)Nc1ccc(NC(=O)NC(C)C)cc1. The van der Waals surface area contributed by atoms with Gasteiger partial charge >= 0.3 is 6.03 Å². The van der Waals surface area contributed by atoms with E-state index >= 15 is 0 Å². The van der Waals surface area contributed by atoms with Gasteiger partial charge in [0.05, 0.1) is 0 Å². The van der Waals surface area contributed by atoms with Gasteiger partial charge in [-0.25, -0.2) is 4.79 Å². The van der Waals surface area contributed by atoms with Crippen LogP contribution in [0.4, 0.5) is 16.2 Å². The Bertz CT molecular complexity index is 457. The zero-order valence-corrected chi connectivity index (χ0v) is 12.8. The number of carbonyl (C=O) groups is 2. The van der Waals surface area contributed by atoms with Gasteiger partial charge in [-0.2, -0.15) is 0 Å². The minimum absolute atomic E-state index is 0.0106. The summed E-state index contributed by atoms with van der Waals surface area (Å²) >= 11 is 0. The molecule has 0 unspecified atom stereocenters. The Morgan fingerprint density at radius 2 is 1.62 bits per heavy atom. The van der Waals surface area contributed by atoms with E-state index in [1.54, 1.807) is 24.3 Å². The molecule has 0 aliphatic heterocycles. The second-order valence-corrected chi connectivity index (χ2v) is 5.09. The Kier molecular flexibility index (Phi) is 7.25. The molecule has 0 saturated carbocycles. The molecule has 0 aliphatic rings. The molecule has 0 heterocycles. The molecule has 0 saturated heterocycles. The van der Waals surface area contributed by atoms with Crippen LogP contribution in [0.1, 0.15) is 26.7 Å². The monoisotopic (exact) mass is 292 g/mol. The first kappa shape index (κ1) is 17.0. The average Bonchev–Trinajstić information content (AvgIpc) is 2.40. The van der Waals surface area contributed by atoms with Gasteiger partial charge in [-0.15, -0.1) is 0 Å². The van der Waals surface area contributed by atoms with E-state index in [4.69, 9.17) is 0 Å². The van der Waals surface area contributed by atoms with E-state index in [-0.39, 0.29) is 18.0 Å². The van der Waals surface area contributed by atoms with Crippen LogP contribution in [-0.4, -0.2) is 31.6 Å². The lowest BCUT2D eigenvalue weighted by Crippen LogP contribution is -2.34. The van der Waals surface area contributed by atoms with E-state index < -0.39 is 0 Å². The Labute approximate surface area is 125 Å². The van der Waals surface area contributed by atoms with E-state index in [2.05, 4.69) is 21.3 Å². The first-order valence-electron chi connectivity index (χ1n) is 7.13. The number of carbonyl (C=O) groups excluding carboxylic acids is 2. The van der Waals surface area contributed by atoms with Gasteiger partial charge < -0.3 is 21.3 Å². The summed E-state index contributed by atoms with van der Waals surface area (Å²) in [6.45, 7) is 4.61. The molecule has 0 spiro atoms. The highest BCUT2D eigenvalue weighted by Crippen LogP contribution is 2.13. The molecule has 1 aromatic rings. The van der Waals surface area contributed by atoms with Crippen molar-refractivity contribution < 1.29 is 9.59 Å². The molecule has 3 amide bonds. The highest BCUT2D eigenvalue weighted by Gasteiger charge is 2.04. The predicted octanol–water partition coefficient (Wildman–Crippen LogP) is 2.15. The van der Waals surface area contributed by atoms with Gasteiger partial charge in [0.15, 0.2) is 0 Å². The fourth-order valence-corrected chi connectivity index (χ4v) is 1.72. The number of anilines is 2. The van der Waals surface area contributed by atoms with Gasteiger partial charge in [-0.3, -0.25) is 4.79 Å². The molecule has 6 heteroatoms. The van der Waals surface area contributed by atoms with Crippen molar-refractivity contribution in [3.05, 3.63) is 24.3 Å². The molecular formula is C15H24N4O2. The van der Waals surface area contributed by atoms with Crippen LogP contribution in [0.5, 0.6) is 0 Å². The maximum absolute atomic E-state index is 11.7. The van der Waals surface area contributed by atoms with Gasteiger partial charge in [0.25, 0.3) is 0 Å². The number of rotatable bonds is 7. The zero-order chi connectivity index (χ0) is 15.7. The second kappa shape index (κ2) is 8.97. The normalized spacial score (nSPS) is 10.3. The third kappa shape index (κ3) is 7.31. The number of amides is 3. The third-order valence-electron chi connectivity index (χ3n) is 2.68. The van der Waals surface area contributed by atoms with Gasteiger partial charge in [0.2, 0.25) is 5.91 Å². The summed E-state index contributed by atoms with van der Waals surface area (Å²) in [6, 6.07) is 6.88. The Balaban J connectivity index is 2.43. The quantitative estimate of drug-likeness (QED) is 0.581. The van der Waals surface area contributed by atoms with Crippen molar-refractivity contribution in [2.75, 3.05) is 24.2 Å². The van der Waals surface area contributed by atoms with Gasteiger partial charge in [0.1, 0.15) is 0 Å². The number of hydrogen-bond donors (Lipinski definition) is 4. The van der Waals surface area contributed by atoms with Crippen LogP contribution in [0.3, 0.4) is 0 Å². The van der Waals surface area contributed by atoms with Crippen LogP contribution in [0.25, 0.3) is 0 Å². The molecule has 4 N–H and O–H groups in total. The molecule has 0 radical (unpaired) electrons. The van der Waals surface area contributed by atoms with Crippen molar-refractivity contribution in [2.24, 2.45) is 0 Å². The summed E-state index contributed by atoms with van der Waals surface area (Å²) in [5, 5.41) is 11.3. The topological polar surface area (TPSA) is 82.3 Å². The number of hydrogen-bond acceptors (Lipinski definition) is 3. The maximum Gasteiger partial charge on any atom is 0.319 e. The summed E-state index contributed by atoms with van der Waals surface area (Å²) in [5.74, 6) is -0.0106. The summed E-state index contributed by atoms with van der Waals surface area (Å²) in [6.07, 6.45) is 1.29. The van der Waals surface area contributed by atoms with Crippen molar-refractivity contribution in [3.8, 4) is 0 Å². The zero-order valence-electron chi connectivity index (χ0n) is 12.8. The Morgan fingerprint density at radius 3 is 2.14 bits per heavy atom. The lowest BCUT2D eigenvalue weighted by atomic mass is 10.2. The summed E-state index contributed by atoms with van der Waals surface area (Å²) < 4.78 is 0. The van der Waals surface area contributed by atoms with Crippen molar-refractivity contribution in [1.82, 2.24) is 10.6 Å². The molecule has 0 aliphatic carbocycles. The van der Waals surface area contributed by atoms with E-state index in [1.165, 1.54) is 0 Å². The lowest BCUT2D eigenvalue weighted by molar-refractivity contribution is -0.116. The van der Waals surface area contributed by atoms with Crippen LogP contribution in [0, 0.1) is 0 Å². The highest BCUT2D eigenvalue weighted by molar-refractivity contribution is 5.92. The van der Waals surface area contributed by atoms with Crippen LogP contribution < -0.4 is 21.3 Å². The highest BCUT2D eigenvalue weighted by atomic mass is 16.2. The van der Waals surface area contributed by atoms with E-state index in [9.17, 15) is 9.59 Å². The molecule has 0 atom stereocenters. The van der Waals surface area contributed by atoms with Crippen LogP contribution in [0.2, 0.25) is 0 Å². The Morgan fingerprint density at radius 1 is 1.05 bits per heavy atom. The minimum Gasteiger partial charge on any atom is -0.336 e. The van der Waals surface area contributed by atoms with E-state index in [1.807, 2.05) is 20.9 Å². The molecule has 116 valence electrons. The third-order valence-corrected chi connectivity index (χ3v) is 2.68.